The molecule has 1 heterocycles. The molecule has 1 aliphatic heterocycles. The summed E-state index contributed by atoms with van der Waals surface area (Å²) in [4.78, 5) is 26.5. The summed E-state index contributed by atoms with van der Waals surface area (Å²) in [5.74, 6) is -0.791. The minimum Gasteiger partial charge on any atom is -0.372 e. The van der Waals surface area contributed by atoms with E-state index in [0.29, 0.717) is 18.2 Å². The number of hydrogen-bond donors (Lipinski definition) is 2. The van der Waals surface area contributed by atoms with Gasteiger partial charge in [-0.1, -0.05) is 38.1 Å². The smallest absolute Gasteiger partial charge is 0.313 e. The molecule has 2 aromatic carbocycles. The Morgan fingerprint density at radius 1 is 0.900 bits per heavy atom. The second-order valence-corrected chi connectivity index (χ2v) is 8.30. The lowest BCUT2D eigenvalue weighted by Crippen LogP contribution is -2.36. The molecule has 1 aliphatic rings. The normalized spacial score (nSPS) is 13.9. The van der Waals surface area contributed by atoms with Gasteiger partial charge in [-0.15, -0.1) is 0 Å². The SMILES string of the molecule is CC(C)c1ccc(NC(=O)C(=O)NCCCc2ccc(N3CCCCC3)cc2)cc1. The van der Waals surface area contributed by atoms with E-state index in [-0.39, 0.29) is 0 Å². The first-order valence-electron chi connectivity index (χ1n) is 11.1. The standard InChI is InChI=1S/C25H33N3O2/c1-19(2)21-10-12-22(13-11-21)27-25(30)24(29)26-16-6-7-20-8-14-23(15-9-20)28-17-4-3-5-18-28/h8-15,19H,3-7,16-18H2,1-2H3,(H,26,29)(H,27,30). The average molecular weight is 408 g/mol. The van der Waals surface area contributed by atoms with Crippen molar-refractivity contribution in [1.29, 1.82) is 0 Å². The monoisotopic (exact) mass is 407 g/mol. The molecule has 0 unspecified atom stereocenters. The number of rotatable bonds is 7. The predicted octanol–water partition coefficient (Wildman–Crippen LogP) is 4.49. The summed E-state index contributed by atoms with van der Waals surface area (Å²) < 4.78 is 0. The van der Waals surface area contributed by atoms with Crippen LogP contribution in [-0.2, 0) is 16.0 Å². The van der Waals surface area contributed by atoms with Gasteiger partial charge in [0.1, 0.15) is 0 Å². The van der Waals surface area contributed by atoms with Gasteiger partial charge in [0, 0.05) is 31.0 Å². The van der Waals surface area contributed by atoms with Crippen molar-refractivity contribution in [2.24, 2.45) is 0 Å². The van der Waals surface area contributed by atoms with Crippen LogP contribution in [0.25, 0.3) is 0 Å². The third kappa shape index (κ3) is 6.34. The molecule has 0 bridgehead atoms. The lowest BCUT2D eigenvalue weighted by Gasteiger charge is -2.28. The minimum atomic E-state index is -0.627. The van der Waals surface area contributed by atoms with Gasteiger partial charge in [-0.25, -0.2) is 0 Å². The van der Waals surface area contributed by atoms with E-state index in [9.17, 15) is 9.59 Å². The molecule has 2 aromatic rings. The Morgan fingerprint density at radius 2 is 1.57 bits per heavy atom. The third-order valence-electron chi connectivity index (χ3n) is 5.63. The summed E-state index contributed by atoms with van der Waals surface area (Å²) >= 11 is 0. The van der Waals surface area contributed by atoms with Gasteiger partial charge in [-0.05, 0) is 73.4 Å². The number of piperidine rings is 1. The van der Waals surface area contributed by atoms with Crippen LogP contribution in [0.3, 0.4) is 0 Å². The van der Waals surface area contributed by atoms with Gasteiger partial charge in [0.25, 0.3) is 0 Å². The number of nitrogens with zero attached hydrogens (tertiary/aromatic N) is 1. The lowest BCUT2D eigenvalue weighted by atomic mass is 10.0. The zero-order valence-electron chi connectivity index (χ0n) is 18.1. The van der Waals surface area contributed by atoms with Gasteiger partial charge < -0.3 is 15.5 Å². The first-order chi connectivity index (χ1) is 14.5. The molecule has 2 amide bonds. The molecular weight excluding hydrogens is 374 g/mol. The Kier molecular flexibility index (Phi) is 7.89. The number of benzene rings is 2. The number of aryl methyl sites for hydroxylation is 1. The Labute approximate surface area is 179 Å². The molecule has 1 saturated heterocycles. The van der Waals surface area contributed by atoms with Gasteiger partial charge in [-0.3, -0.25) is 9.59 Å². The summed E-state index contributed by atoms with van der Waals surface area (Å²) in [6, 6.07) is 16.3. The highest BCUT2D eigenvalue weighted by atomic mass is 16.2. The topological polar surface area (TPSA) is 61.4 Å². The van der Waals surface area contributed by atoms with Crippen LogP contribution in [0, 0.1) is 0 Å². The van der Waals surface area contributed by atoms with Gasteiger partial charge in [0.2, 0.25) is 0 Å². The van der Waals surface area contributed by atoms with Gasteiger partial charge >= 0.3 is 11.8 Å². The number of amides is 2. The molecule has 0 spiro atoms. The maximum atomic E-state index is 12.1. The van der Waals surface area contributed by atoms with Crippen LogP contribution in [0.4, 0.5) is 11.4 Å². The maximum absolute atomic E-state index is 12.1. The van der Waals surface area contributed by atoms with Crippen molar-refractivity contribution in [2.45, 2.75) is 51.9 Å². The lowest BCUT2D eigenvalue weighted by molar-refractivity contribution is -0.136. The van der Waals surface area contributed by atoms with E-state index >= 15 is 0 Å². The molecule has 2 N–H and O–H groups in total. The van der Waals surface area contributed by atoms with E-state index in [2.05, 4.69) is 53.6 Å². The highest BCUT2D eigenvalue weighted by Crippen LogP contribution is 2.20. The first kappa shape index (κ1) is 21.9. The fourth-order valence-electron chi connectivity index (χ4n) is 3.74. The molecule has 5 heteroatoms. The fraction of sp³-hybridized carbons (Fsp3) is 0.440. The number of hydrogen-bond acceptors (Lipinski definition) is 3. The molecule has 5 nitrogen and oxygen atoms in total. The molecule has 0 aliphatic carbocycles. The predicted molar refractivity (Wildman–Crippen MR) is 123 cm³/mol. The van der Waals surface area contributed by atoms with Crippen molar-refractivity contribution < 1.29 is 9.59 Å². The fourth-order valence-corrected chi connectivity index (χ4v) is 3.74. The second-order valence-electron chi connectivity index (χ2n) is 8.30. The molecule has 1 fully saturated rings. The van der Waals surface area contributed by atoms with Gasteiger partial charge in [0.05, 0.1) is 0 Å². The minimum absolute atomic E-state index is 0.430. The van der Waals surface area contributed by atoms with E-state index in [4.69, 9.17) is 0 Å². The van der Waals surface area contributed by atoms with Crippen LogP contribution in [0.1, 0.15) is 56.6 Å². The van der Waals surface area contributed by atoms with Crippen LogP contribution >= 0.6 is 0 Å². The number of carbonyl (C=O) groups is 2. The average Bonchev–Trinajstić information content (AvgIpc) is 2.78. The molecule has 30 heavy (non-hydrogen) atoms. The van der Waals surface area contributed by atoms with Crippen molar-refractivity contribution >= 4 is 23.2 Å². The Hall–Kier alpha value is -2.82. The quantitative estimate of drug-likeness (QED) is 0.525. The molecule has 0 atom stereocenters. The van der Waals surface area contributed by atoms with E-state index in [1.807, 2.05) is 24.3 Å². The summed E-state index contributed by atoms with van der Waals surface area (Å²) in [6.07, 6.45) is 5.56. The van der Waals surface area contributed by atoms with Gasteiger partial charge in [0.15, 0.2) is 0 Å². The maximum Gasteiger partial charge on any atom is 0.313 e. The molecule has 0 aromatic heterocycles. The summed E-state index contributed by atoms with van der Waals surface area (Å²) in [7, 11) is 0. The van der Waals surface area contributed by atoms with Crippen molar-refractivity contribution in [3.8, 4) is 0 Å². The largest absolute Gasteiger partial charge is 0.372 e. The van der Waals surface area contributed by atoms with Crippen LogP contribution in [0.5, 0.6) is 0 Å². The van der Waals surface area contributed by atoms with Crippen LogP contribution in [-0.4, -0.2) is 31.4 Å². The van der Waals surface area contributed by atoms with Crippen molar-refractivity contribution in [3.63, 3.8) is 0 Å². The molecule has 3 rings (SSSR count). The number of carbonyl (C=O) groups excluding carboxylic acids is 2. The first-order valence-corrected chi connectivity index (χ1v) is 11.1. The van der Waals surface area contributed by atoms with Crippen molar-refractivity contribution in [3.05, 3.63) is 59.7 Å². The zero-order valence-corrected chi connectivity index (χ0v) is 18.1. The molecule has 0 radical (unpaired) electrons. The van der Waals surface area contributed by atoms with E-state index in [1.54, 1.807) is 0 Å². The number of nitrogens with one attached hydrogen (secondary N) is 2. The molecule has 0 saturated carbocycles. The third-order valence-corrected chi connectivity index (χ3v) is 5.63. The highest BCUT2D eigenvalue weighted by Gasteiger charge is 2.13. The summed E-state index contributed by atoms with van der Waals surface area (Å²) in [6.45, 7) is 7.01. The summed E-state index contributed by atoms with van der Waals surface area (Å²) in [5.41, 5.74) is 4.37. The van der Waals surface area contributed by atoms with Crippen LogP contribution < -0.4 is 15.5 Å². The highest BCUT2D eigenvalue weighted by molar-refractivity contribution is 6.39. The molecule has 160 valence electrons. The molecular formula is C25H33N3O2. The van der Waals surface area contributed by atoms with Crippen LogP contribution in [0.2, 0.25) is 0 Å². The van der Waals surface area contributed by atoms with Crippen molar-refractivity contribution in [2.75, 3.05) is 29.9 Å². The summed E-state index contributed by atoms with van der Waals surface area (Å²) in [5, 5.41) is 5.35. The van der Waals surface area contributed by atoms with Crippen LogP contribution in [0.15, 0.2) is 48.5 Å². The Balaban J connectivity index is 1.37. The van der Waals surface area contributed by atoms with Crippen molar-refractivity contribution in [1.82, 2.24) is 5.32 Å². The second kappa shape index (κ2) is 10.8. The number of anilines is 2. The van der Waals surface area contributed by atoms with E-state index < -0.39 is 11.8 Å². The van der Waals surface area contributed by atoms with Gasteiger partial charge in [-0.2, -0.15) is 0 Å². The van der Waals surface area contributed by atoms with E-state index in [1.165, 1.54) is 36.1 Å². The Bertz CT molecular complexity index is 822. The van der Waals surface area contributed by atoms with E-state index in [0.717, 1.165) is 25.9 Å². The Morgan fingerprint density at radius 3 is 2.20 bits per heavy atom. The zero-order chi connectivity index (χ0) is 21.3.